The van der Waals surface area contributed by atoms with Gasteiger partial charge in [0, 0.05) is 17.2 Å². The van der Waals surface area contributed by atoms with Gasteiger partial charge in [0.05, 0.1) is 11.1 Å². The van der Waals surface area contributed by atoms with Crippen molar-refractivity contribution >= 4 is 17.9 Å². The molecule has 0 atom stereocenters. The minimum absolute atomic E-state index is 0.0358. The Hall–Kier alpha value is -2.44. The van der Waals surface area contributed by atoms with Gasteiger partial charge >= 0.3 is 0 Å². The van der Waals surface area contributed by atoms with Crippen LogP contribution in [0.25, 0.3) is 0 Å². The Bertz CT molecular complexity index is 463. The average Bonchev–Trinajstić information content (AvgIpc) is 2.19. The predicted molar refractivity (Wildman–Crippen MR) is 61.2 cm³/mol. The molecule has 0 saturated heterocycles. The van der Waals surface area contributed by atoms with Gasteiger partial charge < -0.3 is 11.5 Å². The second kappa shape index (κ2) is 4.87. The van der Waals surface area contributed by atoms with Crippen LogP contribution < -0.4 is 11.5 Å². The highest BCUT2D eigenvalue weighted by atomic mass is 16.6. The van der Waals surface area contributed by atoms with Gasteiger partial charge in [-0.2, -0.15) is 5.10 Å². The van der Waals surface area contributed by atoms with E-state index >= 15 is 0 Å². The molecule has 16 heavy (non-hydrogen) atoms. The molecule has 1 rings (SSSR count). The molecule has 0 bridgehead atoms. The van der Waals surface area contributed by atoms with Crippen molar-refractivity contribution < 1.29 is 4.92 Å². The van der Waals surface area contributed by atoms with Gasteiger partial charge in [-0.1, -0.05) is 12.1 Å². The van der Waals surface area contributed by atoms with Crippen LogP contribution in [-0.2, 0) is 0 Å². The lowest BCUT2D eigenvalue weighted by atomic mass is 10.1. The summed E-state index contributed by atoms with van der Waals surface area (Å²) in [6.45, 7) is 1.66. The Labute approximate surface area is 91.6 Å². The van der Waals surface area contributed by atoms with Crippen LogP contribution in [0.4, 0.5) is 5.69 Å². The van der Waals surface area contributed by atoms with Gasteiger partial charge in [-0.15, -0.1) is 5.10 Å². The van der Waals surface area contributed by atoms with Gasteiger partial charge in [-0.25, -0.2) is 0 Å². The number of nitrogens with zero attached hydrogens (tertiary/aromatic N) is 3. The van der Waals surface area contributed by atoms with Gasteiger partial charge in [0.15, 0.2) is 0 Å². The number of nitrogens with two attached hydrogens (primary N) is 2. The number of hydrogen-bond donors (Lipinski definition) is 2. The molecule has 0 amide bonds. The number of hydrogen-bond acceptors (Lipinski definition) is 4. The predicted octanol–water partition coefficient (Wildman–Crippen LogP) is 0.511. The second-order valence-electron chi connectivity index (χ2n) is 3.07. The molecule has 1 aromatic carbocycles. The number of aryl methyl sites for hydroxylation is 1. The van der Waals surface area contributed by atoms with Crippen LogP contribution in [-0.4, -0.2) is 17.1 Å². The van der Waals surface area contributed by atoms with E-state index in [1.807, 2.05) is 0 Å². The standard InChI is InChI=1S/C9H11N5O2/c1-6-2-3-7(4-8(6)14(15)16)5-12-13-9(10)11/h2-5H,1H3,(H4,10,11,13)/b12-5-. The topological polar surface area (TPSA) is 120 Å². The summed E-state index contributed by atoms with van der Waals surface area (Å²) in [5.41, 5.74) is 11.3. The maximum Gasteiger partial charge on any atom is 0.272 e. The maximum absolute atomic E-state index is 10.6. The number of guanidine groups is 1. The van der Waals surface area contributed by atoms with Crippen molar-refractivity contribution in [2.75, 3.05) is 0 Å². The third kappa shape index (κ3) is 3.05. The zero-order valence-corrected chi connectivity index (χ0v) is 8.62. The molecule has 7 nitrogen and oxygen atoms in total. The summed E-state index contributed by atoms with van der Waals surface area (Å²) >= 11 is 0. The highest BCUT2D eigenvalue weighted by Gasteiger charge is 2.09. The summed E-state index contributed by atoms with van der Waals surface area (Å²) in [6.07, 6.45) is 1.34. The van der Waals surface area contributed by atoms with E-state index in [4.69, 9.17) is 11.5 Å². The van der Waals surface area contributed by atoms with Crippen LogP contribution in [0.1, 0.15) is 11.1 Å². The largest absolute Gasteiger partial charge is 0.369 e. The van der Waals surface area contributed by atoms with E-state index in [0.717, 1.165) is 0 Å². The van der Waals surface area contributed by atoms with E-state index in [0.29, 0.717) is 11.1 Å². The summed E-state index contributed by atoms with van der Waals surface area (Å²) in [6, 6.07) is 4.73. The van der Waals surface area contributed by atoms with Crippen molar-refractivity contribution in [1.82, 2.24) is 0 Å². The first kappa shape index (κ1) is 11.6. The van der Waals surface area contributed by atoms with Crippen molar-refractivity contribution in [3.8, 4) is 0 Å². The van der Waals surface area contributed by atoms with Crippen LogP contribution in [0, 0.1) is 17.0 Å². The molecule has 0 radical (unpaired) electrons. The molecule has 0 aliphatic carbocycles. The van der Waals surface area contributed by atoms with E-state index in [2.05, 4.69) is 10.2 Å². The Morgan fingerprint density at radius 1 is 1.50 bits per heavy atom. The quantitative estimate of drug-likeness (QED) is 0.334. The second-order valence-corrected chi connectivity index (χ2v) is 3.07. The highest BCUT2D eigenvalue weighted by molar-refractivity contribution is 5.82. The molecule has 84 valence electrons. The Kier molecular flexibility index (Phi) is 3.54. The summed E-state index contributed by atoms with van der Waals surface area (Å²) in [5.74, 6) is -0.169. The zero-order chi connectivity index (χ0) is 12.1. The number of rotatable bonds is 3. The molecule has 0 aliphatic heterocycles. The minimum atomic E-state index is -0.451. The molecule has 1 aromatic rings. The fraction of sp³-hybridized carbons (Fsp3) is 0.111. The highest BCUT2D eigenvalue weighted by Crippen LogP contribution is 2.18. The van der Waals surface area contributed by atoms with Gasteiger partial charge in [0.2, 0.25) is 5.96 Å². The van der Waals surface area contributed by atoms with Crippen LogP contribution in [0.15, 0.2) is 28.4 Å². The fourth-order valence-electron chi connectivity index (χ4n) is 1.07. The lowest BCUT2D eigenvalue weighted by Gasteiger charge is -1.97. The molecule has 0 fully saturated rings. The molecular weight excluding hydrogens is 210 g/mol. The van der Waals surface area contributed by atoms with Crippen LogP contribution in [0.5, 0.6) is 0 Å². The SMILES string of the molecule is Cc1ccc(/C=N\N=C(N)N)cc1[N+](=O)[O-]. The molecule has 7 heteroatoms. The number of nitro groups is 1. The fourth-order valence-corrected chi connectivity index (χ4v) is 1.07. The van der Waals surface area contributed by atoms with E-state index in [1.165, 1.54) is 12.3 Å². The first-order valence-corrected chi connectivity index (χ1v) is 4.37. The van der Waals surface area contributed by atoms with Crippen molar-refractivity contribution in [3.05, 3.63) is 39.4 Å². The third-order valence-corrected chi connectivity index (χ3v) is 1.81. The number of nitro benzene ring substituents is 1. The molecule has 0 spiro atoms. The maximum atomic E-state index is 10.6. The van der Waals surface area contributed by atoms with Crippen LogP contribution in [0.2, 0.25) is 0 Å². The summed E-state index contributed by atoms with van der Waals surface area (Å²) < 4.78 is 0. The minimum Gasteiger partial charge on any atom is -0.369 e. The molecule has 0 saturated carbocycles. The van der Waals surface area contributed by atoms with E-state index in [-0.39, 0.29) is 11.6 Å². The van der Waals surface area contributed by atoms with E-state index in [9.17, 15) is 10.1 Å². The first-order valence-electron chi connectivity index (χ1n) is 4.37. The monoisotopic (exact) mass is 221 g/mol. The molecule has 0 heterocycles. The Morgan fingerprint density at radius 3 is 2.75 bits per heavy atom. The smallest absolute Gasteiger partial charge is 0.272 e. The van der Waals surface area contributed by atoms with Crippen LogP contribution in [0.3, 0.4) is 0 Å². The van der Waals surface area contributed by atoms with Crippen LogP contribution >= 0.6 is 0 Å². The first-order chi connectivity index (χ1) is 7.50. The van der Waals surface area contributed by atoms with Gasteiger partial charge in [0.1, 0.15) is 0 Å². The van der Waals surface area contributed by atoms with E-state index in [1.54, 1.807) is 19.1 Å². The lowest BCUT2D eigenvalue weighted by molar-refractivity contribution is -0.385. The zero-order valence-electron chi connectivity index (χ0n) is 8.62. The average molecular weight is 221 g/mol. The molecule has 0 aromatic heterocycles. The normalized spacial score (nSPS) is 10.3. The third-order valence-electron chi connectivity index (χ3n) is 1.81. The molecule has 0 aliphatic rings. The lowest BCUT2D eigenvalue weighted by Crippen LogP contribution is -2.21. The van der Waals surface area contributed by atoms with Gasteiger partial charge in [-0.3, -0.25) is 10.1 Å². The van der Waals surface area contributed by atoms with Gasteiger partial charge in [-0.05, 0) is 6.92 Å². The Balaban J connectivity index is 3.00. The molecular formula is C9H11N5O2. The summed E-state index contributed by atoms with van der Waals surface area (Å²) in [5, 5.41) is 17.6. The van der Waals surface area contributed by atoms with E-state index < -0.39 is 4.92 Å². The number of benzene rings is 1. The molecule has 0 unspecified atom stereocenters. The van der Waals surface area contributed by atoms with Crippen molar-refractivity contribution in [2.45, 2.75) is 6.92 Å². The Morgan fingerprint density at radius 2 is 2.19 bits per heavy atom. The van der Waals surface area contributed by atoms with Gasteiger partial charge in [0.25, 0.3) is 5.69 Å². The van der Waals surface area contributed by atoms with Crippen molar-refractivity contribution in [2.24, 2.45) is 21.7 Å². The summed E-state index contributed by atoms with van der Waals surface area (Å²) in [4.78, 5) is 10.2. The van der Waals surface area contributed by atoms with Crippen molar-refractivity contribution in [1.29, 1.82) is 0 Å². The molecule has 4 N–H and O–H groups in total. The van der Waals surface area contributed by atoms with Crippen molar-refractivity contribution in [3.63, 3.8) is 0 Å². The summed E-state index contributed by atoms with van der Waals surface area (Å²) in [7, 11) is 0.